The van der Waals surface area contributed by atoms with E-state index in [9.17, 15) is 14.0 Å². The van der Waals surface area contributed by atoms with E-state index < -0.39 is 23.7 Å². The predicted octanol–water partition coefficient (Wildman–Crippen LogP) is 3.43. The lowest BCUT2D eigenvalue weighted by atomic mass is 10.0. The number of ether oxygens (including phenoxy) is 1. The van der Waals surface area contributed by atoms with Gasteiger partial charge in [-0.1, -0.05) is 23.7 Å². The highest BCUT2D eigenvalue weighted by molar-refractivity contribution is 6.33. The van der Waals surface area contributed by atoms with Gasteiger partial charge in [-0.2, -0.15) is 0 Å². The molecule has 2 aromatic carbocycles. The number of carboxylic acid groups (broad SMARTS) is 1. The number of carbonyl (C=O) groups is 2. The van der Waals surface area contributed by atoms with E-state index in [1.165, 1.54) is 13.2 Å². The Morgan fingerprint density at radius 1 is 1.25 bits per heavy atom. The molecule has 2 N–H and O–H groups in total. The summed E-state index contributed by atoms with van der Waals surface area (Å²) < 4.78 is 18.1. The maximum absolute atomic E-state index is 13.1. The second-order valence-corrected chi connectivity index (χ2v) is 5.43. The summed E-state index contributed by atoms with van der Waals surface area (Å²) in [5.41, 5.74) is 0.673. The van der Waals surface area contributed by atoms with Gasteiger partial charge in [0.15, 0.2) is 0 Å². The van der Waals surface area contributed by atoms with Crippen molar-refractivity contribution >= 4 is 23.5 Å². The molecule has 24 heavy (non-hydrogen) atoms. The van der Waals surface area contributed by atoms with Crippen molar-refractivity contribution in [1.82, 2.24) is 5.32 Å². The van der Waals surface area contributed by atoms with Gasteiger partial charge in [0.05, 0.1) is 30.2 Å². The fraction of sp³-hybridized carbons (Fsp3) is 0.176. The van der Waals surface area contributed by atoms with Crippen LogP contribution in [0.4, 0.5) is 4.39 Å². The fourth-order valence-corrected chi connectivity index (χ4v) is 2.43. The summed E-state index contributed by atoms with van der Waals surface area (Å²) in [6.07, 6.45) is -0.309. The molecule has 1 atom stereocenters. The molecule has 5 nitrogen and oxygen atoms in total. The van der Waals surface area contributed by atoms with Crippen LogP contribution in [0.2, 0.25) is 5.02 Å². The highest BCUT2D eigenvalue weighted by atomic mass is 35.5. The molecule has 7 heteroatoms. The Balaban J connectivity index is 2.24. The van der Waals surface area contributed by atoms with Crippen LogP contribution in [0, 0.1) is 5.82 Å². The van der Waals surface area contributed by atoms with Gasteiger partial charge in [-0.15, -0.1) is 0 Å². The summed E-state index contributed by atoms with van der Waals surface area (Å²) in [6.45, 7) is 0. The van der Waals surface area contributed by atoms with Crippen LogP contribution in [-0.2, 0) is 4.79 Å². The van der Waals surface area contributed by atoms with Crippen LogP contribution in [0.3, 0.4) is 0 Å². The first kappa shape index (κ1) is 17.7. The molecule has 0 fully saturated rings. The van der Waals surface area contributed by atoms with E-state index in [4.69, 9.17) is 21.4 Å². The highest BCUT2D eigenvalue weighted by Gasteiger charge is 2.20. The average Bonchev–Trinajstić information content (AvgIpc) is 2.53. The number of nitrogens with one attached hydrogen (secondary N) is 1. The Labute approximate surface area is 143 Å². The molecule has 1 unspecified atom stereocenters. The first-order chi connectivity index (χ1) is 11.4. The monoisotopic (exact) mass is 351 g/mol. The first-order valence-electron chi connectivity index (χ1n) is 7.02. The van der Waals surface area contributed by atoms with Gasteiger partial charge in [0.25, 0.3) is 5.91 Å². The number of methoxy groups -OCH3 is 1. The Bertz CT molecular complexity index is 749. The van der Waals surface area contributed by atoms with Gasteiger partial charge in [-0.3, -0.25) is 9.59 Å². The first-order valence-corrected chi connectivity index (χ1v) is 7.40. The second kappa shape index (κ2) is 7.79. The van der Waals surface area contributed by atoms with E-state index in [0.717, 1.165) is 12.1 Å². The van der Waals surface area contributed by atoms with Crippen LogP contribution in [0.25, 0.3) is 0 Å². The largest absolute Gasteiger partial charge is 0.497 e. The summed E-state index contributed by atoms with van der Waals surface area (Å²) in [6, 6.07) is 9.29. The number of aliphatic carboxylic acids is 1. The van der Waals surface area contributed by atoms with E-state index in [0.29, 0.717) is 11.3 Å². The third-order valence-electron chi connectivity index (χ3n) is 3.38. The van der Waals surface area contributed by atoms with Crippen molar-refractivity contribution in [2.24, 2.45) is 0 Å². The minimum absolute atomic E-state index is 0.0451. The number of benzene rings is 2. The molecule has 1 amide bonds. The molecule has 126 valence electrons. The van der Waals surface area contributed by atoms with Crippen LogP contribution in [0.1, 0.15) is 28.4 Å². The SMILES string of the molecule is COc1ccc(C(CC(=O)O)NC(=O)c2ccc(F)cc2Cl)cc1. The van der Waals surface area contributed by atoms with Crippen molar-refractivity contribution in [3.8, 4) is 5.75 Å². The number of amides is 1. The third kappa shape index (κ3) is 4.45. The molecule has 0 saturated carbocycles. The van der Waals surface area contributed by atoms with Crippen molar-refractivity contribution in [2.75, 3.05) is 7.11 Å². The standard InChI is InChI=1S/C17H15ClFNO4/c1-24-12-5-2-10(3-6-12)15(9-16(21)22)20-17(23)13-7-4-11(19)8-14(13)18/h2-8,15H,9H2,1H3,(H,20,23)(H,21,22). The highest BCUT2D eigenvalue weighted by Crippen LogP contribution is 2.23. The Hall–Kier alpha value is -2.60. The topological polar surface area (TPSA) is 75.6 Å². The zero-order valence-corrected chi connectivity index (χ0v) is 13.5. The zero-order valence-electron chi connectivity index (χ0n) is 12.8. The van der Waals surface area contributed by atoms with Gasteiger partial charge in [-0.25, -0.2) is 4.39 Å². The summed E-state index contributed by atoms with van der Waals surface area (Å²) in [5, 5.41) is 11.6. The van der Waals surface area contributed by atoms with Crippen molar-refractivity contribution in [2.45, 2.75) is 12.5 Å². The number of hydrogen-bond acceptors (Lipinski definition) is 3. The molecule has 0 aliphatic heterocycles. The quantitative estimate of drug-likeness (QED) is 0.836. The molecule has 0 spiro atoms. The van der Waals surface area contributed by atoms with E-state index in [1.807, 2.05) is 0 Å². The molecule has 0 aliphatic carbocycles. The van der Waals surface area contributed by atoms with Gasteiger partial charge >= 0.3 is 5.97 Å². The molecule has 0 radical (unpaired) electrons. The third-order valence-corrected chi connectivity index (χ3v) is 3.69. The normalized spacial score (nSPS) is 11.6. The minimum atomic E-state index is -1.07. The van der Waals surface area contributed by atoms with E-state index in [2.05, 4.69) is 5.32 Å². The molecule has 0 heterocycles. The van der Waals surface area contributed by atoms with Gasteiger partial charge in [0, 0.05) is 0 Å². The summed E-state index contributed by atoms with van der Waals surface area (Å²) in [7, 11) is 1.52. The maximum Gasteiger partial charge on any atom is 0.305 e. The average molecular weight is 352 g/mol. The molecule has 0 aromatic heterocycles. The molecule has 2 aromatic rings. The van der Waals surface area contributed by atoms with Gasteiger partial charge in [0.1, 0.15) is 11.6 Å². The molecular formula is C17H15ClFNO4. The van der Waals surface area contributed by atoms with E-state index >= 15 is 0 Å². The fourth-order valence-electron chi connectivity index (χ4n) is 2.17. The lowest BCUT2D eigenvalue weighted by Gasteiger charge is -2.18. The number of carboxylic acids is 1. The Morgan fingerprint density at radius 3 is 2.46 bits per heavy atom. The van der Waals surface area contributed by atoms with Crippen molar-refractivity contribution in [1.29, 1.82) is 0 Å². The number of hydrogen-bond donors (Lipinski definition) is 2. The van der Waals surface area contributed by atoms with Crippen molar-refractivity contribution in [3.05, 3.63) is 64.4 Å². The minimum Gasteiger partial charge on any atom is -0.497 e. The van der Waals surface area contributed by atoms with E-state index in [-0.39, 0.29) is 17.0 Å². The Kier molecular flexibility index (Phi) is 5.76. The van der Waals surface area contributed by atoms with Crippen LogP contribution in [0.5, 0.6) is 5.75 Å². The maximum atomic E-state index is 13.1. The summed E-state index contributed by atoms with van der Waals surface area (Å²) >= 11 is 5.87. The summed E-state index contributed by atoms with van der Waals surface area (Å²) in [5.74, 6) is -1.60. The van der Waals surface area contributed by atoms with Gasteiger partial charge in [0.2, 0.25) is 0 Å². The van der Waals surface area contributed by atoms with Crippen LogP contribution in [-0.4, -0.2) is 24.1 Å². The molecule has 0 bridgehead atoms. The lowest BCUT2D eigenvalue weighted by molar-refractivity contribution is -0.137. The molecule has 0 saturated heterocycles. The van der Waals surface area contributed by atoms with E-state index in [1.54, 1.807) is 24.3 Å². The number of carbonyl (C=O) groups excluding carboxylic acids is 1. The summed E-state index contributed by atoms with van der Waals surface area (Å²) in [4.78, 5) is 23.4. The van der Waals surface area contributed by atoms with Gasteiger partial charge < -0.3 is 15.2 Å². The number of halogens is 2. The lowest BCUT2D eigenvalue weighted by Crippen LogP contribution is -2.30. The Morgan fingerprint density at radius 2 is 1.92 bits per heavy atom. The molecule has 2 rings (SSSR count). The van der Waals surface area contributed by atoms with Gasteiger partial charge in [-0.05, 0) is 35.9 Å². The van der Waals surface area contributed by atoms with Crippen LogP contribution >= 0.6 is 11.6 Å². The number of rotatable bonds is 6. The zero-order chi connectivity index (χ0) is 17.7. The molecule has 0 aliphatic rings. The van der Waals surface area contributed by atoms with Crippen LogP contribution in [0.15, 0.2) is 42.5 Å². The second-order valence-electron chi connectivity index (χ2n) is 5.02. The van der Waals surface area contributed by atoms with Crippen molar-refractivity contribution < 1.29 is 23.8 Å². The molecular weight excluding hydrogens is 337 g/mol. The van der Waals surface area contributed by atoms with Crippen molar-refractivity contribution in [3.63, 3.8) is 0 Å². The smallest absolute Gasteiger partial charge is 0.305 e. The predicted molar refractivity (Wildman–Crippen MR) is 86.9 cm³/mol. The van der Waals surface area contributed by atoms with Crippen LogP contribution < -0.4 is 10.1 Å².